The van der Waals surface area contributed by atoms with Crippen LogP contribution in [0.2, 0.25) is 0 Å². The second kappa shape index (κ2) is 26.8. The molecule has 0 aliphatic heterocycles. The maximum Gasteiger partial charge on any atom is 0.335 e. The molecule has 7 rings (SSSR count). The highest BCUT2D eigenvalue weighted by molar-refractivity contribution is 7.22. The van der Waals surface area contributed by atoms with Gasteiger partial charge in [0.05, 0.1) is 41.5 Å². The van der Waals surface area contributed by atoms with Crippen molar-refractivity contribution in [2.45, 2.75) is 72.1 Å². The van der Waals surface area contributed by atoms with Gasteiger partial charge >= 0.3 is 29.8 Å². The van der Waals surface area contributed by atoms with Gasteiger partial charge in [0.15, 0.2) is 6.73 Å². The van der Waals surface area contributed by atoms with Crippen molar-refractivity contribution in [3.63, 3.8) is 0 Å². The molecule has 2 aliphatic carbocycles. The van der Waals surface area contributed by atoms with Gasteiger partial charge in [-0.15, -0.1) is 0 Å². The van der Waals surface area contributed by atoms with Crippen molar-refractivity contribution in [2.24, 2.45) is 28.8 Å². The average molecular weight is 1040 g/mol. The monoisotopic (exact) mass is 1040 g/mol. The van der Waals surface area contributed by atoms with Gasteiger partial charge in [-0.2, -0.15) is 5.10 Å². The standard InChI is InChI=1S/C57H61N3O14S/c1-36(2)52(61)68-33-60(57-59-49-9-7-8-10-51(49)75-57)58-30-43-29-48(66-31-39-11-15-41(16-12-39)55(64)73-46-23-19-44(20-24-46)69-34-71-53(62)37(3)4)27-28-50(43)67-32-40-13-17-42(18-14-40)56(65)74-47-25-21-45(22-26-47)70-35-72-54(63)38(5)6/h7-10,19-30,39-42H,1,3,5,11-18,31-35H2,2,4,6H3/b58-30+. The lowest BCUT2D eigenvalue weighted by Gasteiger charge is -2.28. The van der Waals surface area contributed by atoms with E-state index in [4.69, 9.17) is 52.7 Å². The van der Waals surface area contributed by atoms with Crippen LogP contribution in [0, 0.1) is 23.7 Å². The Hall–Kier alpha value is -7.99. The predicted molar refractivity (Wildman–Crippen MR) is 281 cm³/mol. The number of carbonyl (C=O) groups excluding carboxylic acids is 5. The zero-order valence-corrected chi connectivity index (χ0v) is 43.1. The van der Waals surface area contributed by atoms with Gasteiger partial charge in [-0.25, -0.2) is 24.4 Å². The molecule has 2 aliphatic rings. The smallest absolute Gasteiger partial charge is 0.335 e. The van der Waals surface area contributed by atoms with Crippen molar-refractivity contribution >= 4 is 62.7 Å². The number of anilines is 1. The largest absolute Gasteiger partial charge is 0.493 e. The molecule has 17 nitrogen and oxygen atoms in total. The molecule has 18 heteroatoms. The molecule has 4 aromatic carbocycles. The van der Waals surface area contributed by atoms with Crippen molar-refractivity contribution in [3.05, 3.63) is 133 Å². The van der Waals surface area contributed by atoms with Crippen LogP contribution in [0.25, 0.3) is 10.2 Å². The lowest BCUT2D eigenvalue weighted by Crippen LogP contribution is -2.28. The van der Waals surface area contributed by atoms with Gasteiger partial charge in [-0.3, -0.25) is 9.59 Å². The molecule has 0 unspecified atom stereocenters. The van der Waals surface area contributed by atoms with E-state index in [0.29, 0.717) is 84.1 Å². The first kappa shape index (κ1) is 54.8. The van der Waals surface area contributed by atoms with Gasteiger partial charge in [0.25, 0.3) is 0 Å². The molecule has 394 valence electrons. The zero-order chi connectivity index (χ0) is 53.3. The van der Waals surface area contributed by atoms with Gasteiger partial charge < -0.3 is 42.6 Å². The topological polar surface area (TPSA) is 197 Å². The Morgan fingerprint density at radius 1 is 0.587 bits per heavy atom. The Kier molecular flexibility index (Phi) is 19.6. The first-order chi connectivity index (χ1) is 36.2. The highest BCUT2D eigenvalue weighted by atomic mass is 32.1. The van der Waals surface area contributed by atoms with E-state index < -0.39 is 17.9 Å². The number of hydrogen-bond acceptors (Lipinski definition) is 18. The van der Waals surface area contributed by atoms with E-state index in [2.05, 4.69) is 19.7 Å². The number of hydrazone groups is 1. The molecule has 0 amide bonds. The van der Waals surface area contributed by atoms with E-state index in [9.17, 15) is 24.0 Å². The lowest BCUT2D eigenvalue weighted by molar-refractivity contribution is -0.146. The zero-order valence-electron chi connectivity index (χ0n) is 42.3. The molecule has 0 bridgehead atoms. The fourth-order valence-electron chi connectivity index (χ4n) is 8.04. The van der Waals surface area contributed by atoms with Crippen molar-refractivity contribution in [3.8, 4) is 34.5 Å². The van der Waals surface area contributed by atoms with E-state index in [1.165, 1.54) is 16.3 Å². The number of fused-ring (bicyclic) bond motifs is 1. The third-order valence-corrected chi connectivity index (χ3v) is 13.5. The van der Waals surface area contributed by atoms with Crippen LogP contribution in [-0.4, -0.2) is 74.6 Å². The molecule has 0 N–H and O–H groups in total. The van der Waals surface area contributed by atoms with E-state index in [0.717, 1.165) is 35.9 Å². The van der Waals surface area contributed by atoms with Crippen LogP contribution in [0.4, 0.5) is 5.13 Å². The van der Waals surface area contributed by atoms with Crippen molar-refractivity contribution in [2.75, 3.05) is 38.5 Å². The van der Waals surface area contributed by atoms with Gasteiger partial charge in [-0.05, 0) is 163 Å². The fraction of sp³-hybridized carbons (Fsp3) is 0.351. The Morgan fingerprint density at radius 3 is 1.56 bits per heavy atom. The van der Waals surface area contributed by atoms with Crippen LogP contribution in [0.3, 0.4) is 0 Å². The molecule has 5 aromatic rings. The SMILES string of the molecule is C=C(C)C(=O)OCOc1ccc(OC(=O)C2CCC(COc3ccc(OCC4CCC(C(=O)Oc5ccc(OCOC(=O)C(=C)C)cc5)CC4)c(/C=N/N(COC(=O)C(=C)C)c4nc5ccccc5s4)c3)CC2)cc1. The van der Waals surface area contributed by atoms with E-state index in [-0.39, 0.29) is 72.6 Å². The molecule has 2 fully saturated rings. The Labute approximate surface area is 439 Å². The van der Waals surface area contributed by atoms with E-state index in [1.54, 1.807) is 75.5 Å². The molecule has 75 heavy (non-hydrogen) atoms. The van der Waals surface area contributed by atoms with Gasteiger partial charge in [-0.1, -0.05) is 43.2 Å². The highest BCUT2D eigenvalue weighted by Crippen LogP contribution is 2.35. The quantitative estimate of drug-likeness (QED) is 0.0107. The van der Waals surface area contributed by atoms with Gasteiger partial charge in [0.2, 0.25) is 18.7 Å². The molecule has 0 radical (unpaired) electrons. The molecule has 0 spiro atoms. The first-order valence-corrected chi connectivity index (χ1v) is 25.4. The molecular formula is C57H61N3O14S. The molecular weight excluding hydrogens is 983 g/mol. The molecule has 0 atom stereocenters. The normalized spacial score (nSPS) is 17.2. The number of esters is 5. The third kappa shape index (κ3) is 16.5. The van der Waals surface area contributed by atoms with Crippen molar-refractivity contribution in [1.82, 2.24) is 4.98 Å². The second-order valence-electron chi connectivity index (χ2n) is 18.4. The molecule has 2 saturated carbocycles. The number of carbonyl (C=O) groups is 5. The molecule has 0 saturated heterocycles. The Morgan fingerprint density at radius 2 is 1.05 bits per heavy atom. The predicted octanol–water partition coefficient (Wildman–Crippen LogP) is 10.7. The molecule has 1 aromatic heterocycles. The molecule has 1 heterocycles. The van der Waals surface area contributed by atoms with Gasteiger partial charge in [0.1, 0.15) is 34.5 Å². The summed E-state index contributed by atoms with van der Waals surface area (Å²) in [7, 11) is 0. The van der Waals surface area contributed by atoms with Crippen LogP contribution in [0.1, 0.15) is 77.7 Å². The summed E-state index contributed by atoms with van der Waals surface area (Å²) < 4.78 is 51.6. The van der Waals surface area contributed by atoms with Crippen LogP contribution in [0.15, 0.2) is 133 Å². The van der Waals surface area contributed by atoms with E-state index in [1.807, 2.05) is 42.5 Å². The number of nitrogens with zero attached hydrogens (tertiary/aromatic N) is 3. The summed E-state index contributed by atoms with van der Waals surface area (Å²) in [5, 5.41) is 6.80. The summed E-state index contributed by atoms with van der Waals surface area (Å²) in [6, 6.07) is 26.3. The number of hydrogen-bond donors (Lipinski definition) is 0. The van der Waals surface area contributed by atoms with Crippen LogP contribution in [0.5, 0.6) is 34.5 Å². The fourth-order valence-corrected chi connectivity index (χ4v) is 8.95. The second-order valence-corrected chi connectivity index (χ2v) is 19.4. The van der Waals surface area contributed by atoms with Crippen LogP contribution >= 0.6 is 11.3 Å². The maximum absolute atomic E-state index is 13.2. The lowest BCUT2D eigenvalue weighted by atomic mass is 9.82. The Bertz CT molecular complexity index is 2830. The number of thiazole rings is 1. The minimum absolute atomic E-state index is 0.171. The summed E-state index contributed by atoms with van der Waals surface area (Å²) in [6.45, 7) is 15.5. The van der Waals surface area contributed by atoms with Crippen LogP contribution < -0.4 is 33.4 Å². The summed E-state index contributed by atoms with van der Waals surface area (Å²) in [4.78, 5) is 66.8. The number of para-hydroxylation sites is 1. The summed E-state index contributed by atoms with van der Waals surface area (Å²) in [5.74, 6) is 0.412. The maximum atomic E-state index is 13.2. The average Bonchev–Trinajstić information content (AvgIpc) is 3.85. The van der Waals surface area contributed by atoms with Crippen molar-refractivity contribution in [1.29, 1.82) is 0 Å². The number of aromatic nitrogens is 1. The Balaban J connectivity index is 0.949. The first-order valence-electron chi connectivity index (χ1n) is 24.6. The highest BCUT2D eigenvalue weighted by Gasteiger charge is 2.30. The van der Waals surface area contributed by atoms with Crippen molar-refractivity contribution < 1.29 is 66.6 Å². The minimum atomic E-state index is -0.565. The number of rotatable bonds is 24. The van der Waals surface area contributed by atoms with E-state index >= 15 is 0 Å². The number of ether oxygens (including phenoxy) is 9. The summed E-state index contributed by atoms with van der Waals surface area (Å²) >= 11 is 1.40. The summed E-state index contributed by atoms with van der Waals surface area (Å²) in [5.41, 5.74) is 2.18. The van der Waals surface area contributed by atoms with Crippen LogP contribution in [-0.2, 0) is 38.2 Å². The summed E-state index contributed by atoms with van der Waals surface area (Å²) in [6.07, 6.45) is 7.23. The van der Waals surface area contributed by atoms with Gasteiger partial charge in [0, 0.05) is 22.3 Å². The number of benzene rings is 4. The minimum Gasteiger partial charge on any atom is -0.493 e. The third-order valence-electron chi connectivity index (χ3n) is 12.4.